The number of aryl methyl sites for hydroxylation is 1. The van der Waals surface area contributed by atoms with E-state index in [1.54, 1.807) is 49.4 Å². The van der Waals surface area contributed by atoms with Crippen molar-refractivity contribution in [3.8, 4) is 5.75 Å². The van der Waals surface area contributed by atoms with Crippen molar-refractivity contribution < 1.29 is 27.5 Å². The highest BCUT2D eigenvalue weighted by Crippen LogP contribution is 2.38. The average Bonchev–Trinajstić information content (AvgIpc) is 3.25. The molecule has 0 unspecified atom stereocenters. The topological polar surface area (TPSA) is 102 Å². The number of esters is 1. The Kier molecular flexibility index (Phi) is 7.95. The van der Waals surface area contributed by atoms with E-state index in [-0.39, 0.29) is 11.5 Å². The molecule has 0 saturated carbocycles. The van der Waals surface area contributed by atoms with E-state index in [0.29, 0.717) is 22.0 Å². The number of nitrogens with one attached hydrogen (secondary N) is 1. The number of carbonyl (C=O) groups excluding carboxylic acids is 2. The van der Waals surface area contributed by atoms with Crippen molar-refractivity contribution in [2.24, 2.45) is 0 Å². The lowest BCUT2D eigenvalue weighted by Crippen LogP contribution is -2.38. The largest absolute Gasteiger partial charge is 0.497 e. The number of anilines is 2. The van der Waals surface area contributed by atoms with Gasteiger partial charge >= 0.3 is 5.97 Å². The first-order valence-corrected chi connectivity index (χ1v) is 13.9. The van der Waals surface area contributed by atoms with Crippen molar-refractivity contribution >= 4 is 43.9 Å². The van der Waals surface area contributed by atoms with Gasteiger partial charge in [-0.2, -0.15) is 0 Å². The van der Waals surface area contributed by atoms with E-state index < -0.39 is 28.4 Å². The second-order valence-corrected chi connectivity index (χ2v) is 11.2. The fourth-order valence-electron chi connectivity index (χ4n) is 4.15. The van der Waals surface area contributed by atoms with Gasteiger partial charge < -0.3 is 14.8 Å². The smallest absolute Gasteiger partial charge is 0.341 e. The summed E-state index contributed by atoms with van der Waals surface area (Å²) < 4.78 is 38.6. The SMILES string of the molecule is CCOC(=O)c1c(NC(=O)CN(c2ccc(OC)cc2)S(=O)(=O)c2ccccc2)sc2c1CCCC2. The number of nitrogens with zero attached hydrogens (tertiary/aromatic N) is 1. The van der Waals surface area contributed by atoms with Gasteiger partial charge in [0.15, 0.2) is 0 Å². The van der Waals surface area contributed by atoms with Gasteiger partial charge in [0.25, 0.3) is 10.0 Å². The van der Waals surface area contributed by atoms with Crippen molar-refractivity contribution in [1.29, 1.82) is 0 Å². The minimum Gasteiger partial charge on any atom is -0.497 e. The number of fused-ring (bicyclic) bond motifs is 1. The maximum absolute atomic E-state index is 13.5. The van der Waals surface area contributed by atoms with E-state index in [0.717, 1.165) is 40.4 Å². The standard InChI is InChI=1S/C26H28N2O6S2/c1-3-34-26(30)24-21-11-7-8-12-22(21)35-25(24)27-23(29)17-28(18-13-15-19(33-2)16-14-18)36(31,32)20-9-5-4-6-10-20/h4-6,9-10,13-16H,3,7-8,11-12,17H2,1-2H3,(H,27,29). The van der Waals surface area contributed by atoms with Gasteiger partial charge in [0.05, 0.1) is 29.9 Å². The molecule has 0 saturated heterocycles. The molecule has 2 aromatic carbocycles. The van der Waals surface area contributed by atoms with E-state index in [4.69, 9.17) is 9.47 Å². The van der Waals surface area contributed by atoms with Crippen LogP contribution >= 0.6 is 11.3 Å². The maximum atomic E-state index is 13.5. The number of benzene rings is 2. The number of ether oxygens (including phenoxy) is 2. The Balaban J connectivity index is 1.66. The second-order valence-electron chi connectivity index (χ2n) is 8.21. The van der Waals surface area contributed by atoms with Crippen LogP contribution in [0.4, 0.5) is 10.7 Å². The van der Waals surface area contributed by atoms with Crippen LogP contribution in [0.1, 0.15) is 40.6 Å². The Hall–Kier alpha value is -3.37. The van der Waals surface area contributed by atoms with Gasteiger partial charge in [-0.3, -0.25) is 9.10 Å². The summed E-state index contributed by atoms with van der Waals surface area (Å²) >= 11 is 1.36. The highest BCUT2D eigenvalue weighted by Gasteiger charge is 2.30. The quantitative estimate of drug-likeness (QED) is 0.406. The zero-order chi connectivity index (χ0) is 25.7. The molecule has 1 heterocycles. The Labute approximate surface area is 214 Å². The van der Waals surface area contributed by atoms with Gasteiger partial charge in [-0.1, -0.05) is 18.2 Å². The van der Waals surface area contributed by atoms with Gasteiger partial charge in [0, 0.05) is 4.88 Å². The van der Waals surface area contributed by atoms with E-state index in [2.05, 4.69) is 5.32 Å². The molecule has 0 fully saturated rings. The Morgan fingerprint density at radius 2 is 1.72 bits per heavy atom. The molecule has 0 aliphatic heterocycles. The first-order valence-electron chi connectivity index (χ1n) is 11.7. The summed E-state index contributed by atoms with van der Waals surface area (Å²) in [6.45, 7) is 1.47. The molecule has 3 aromatic rings. The predicted molar refractivity (Wildman–Crippen MR) is 140 cm³/mol. The van der Waals surface area contributed by atoms with Gasteiger partial charge in [-0.05, 0) is 74.6 Å². The molecule has 0 spiro atoms. The van der Waals surface area contributed by atoms with Crippen LogP contribution in [0.3, 0.4) is 0 Å². The zero-order valence-corrected chi connectivity index (χ0v) is 21.8. The third-order valence-corrected chi connectivity index (χ3v) is 8.88. The summed E-state index contributed by atoms with van der Waals surface area (Å²) in [7, 11) is -2.54. The molecule has 1 N–H and O–H groups in total. The van der Waals surface area contributed by atoms with Gasteiger partial charge in [-0.15, -0.1) is 11.3 Å². The molecule has 0 radical (unpaired) electrons. The number of hydrogen-bond donors (Lipinski definition) is 1. The van der Waals surface area contributed by atoms with Crippen LogP contribution in [0, 0.1) is 0 Å². The minimum atomic E-state index is -4.05. The number of rotatable bonds is 9. The molecule has 36 heavy (non-hydrogen) atoms. The monoisotopic (exact) mass is 528 g/mol. The van der Waals surface area contributed by atoms with Crippen molar-refractivity contribution in [2.75, 3.05) is 29.9 Å². The van der Waals surface area contributed by atoms with Gasteiger partial charge in [-0.25, -0.2) is 13.2 Å². The molecule has 1 aliphatic rings. The second kappa shape index (κ2) is 11.1. The molecule has 10 heteroatoms. The summed E-state index contributed by atoms with van der Waals surface area (Å²) in [6, 6.07) is 14.4. The molecule has 1 amide bonds. The summed E-state index contributed by atoms with van der Waals surface area (Å²) in [5, 5.41) is 3.20. The third-order valence-electron chi connectivity index (χ3n) is 5.88. The van der Waals surface area contributed by atoms with Crippen molar-refractivity contribution in [3.63, 3.8) is 0 Å². The molecular weight excluding hydrogens is 500 g/mol. The van der Waals surface area contributed by atoms with Crippen molar-refractivity contribution in [3.05, 3.63) is 70.6 Å². The fraction of sp³-hybridized carbons (Fsp3) is 0.308. The Bertz CT molecular complexity index is 1330. The number of hydrogen-bond acceptors (Lipinski definition) is 7. The van der Waals surface area contributed by atoms with Gasteiger partial charge in [0.1, 0.15) is 17.3 Å². The maximum Gasteiger partial charge on any atom is 0.341 e. The average molecular weight is 529 g/mol. The molecule has 0 atom stereocenters. The number of thiophene rings is 1. The van der Waals surface area contributed by atoms with Crippen LogP contribution in [0.25, 0.3) is 0 Å². The van der Waals surface area contributed by atoms with Crippen molar-refractivity contribution in [1.82, 2.24) is 0 Å². The molecule has 190 valence electrons. The minimum absolute atomic E-state index is 0.0624. The summed E-state index contributed by atoms with van der Waals surface area (Å²) in [5.41, 5.74) is 1.61. The lowest BCUT2D eigenvalue weighted by atomic mass is 9.95. The molecule has 4 rings (SSSR count). The van der Waals surface area contributed by atoms with Crippen molar-refractivity contribution in [2.45, 2.75) is 37.5 Å². The summed E-state index contributed by atoms with van der Waals surface area (Å²) in [6.07, 6.45) is 3.56. The summed E-state index contributed by atoms with van der Waals surface area (Å²) in [4.78, 5) is 27.1. The normalized spacial score (nSPS) is 12.9. The first-order chi connectivity index (χ1) is 17.3. The summed E-state index contributed by atoms with van der Waals surface area (Å²) in [5.74, 6) is -0.478. The third kappa shape index (κ3) is 5.39. The van der Waals surface area contributed by atoms with E-state index in [1.807, 2.05) is 0 Å². The highest BCUT2D eigenvalue weighted by molar-refractivity contribution is 7.92. The van der Waals surface area contributed by atoms with E-state index in [1.165, 1.54) is 30.6 Å². The molecule has 0 bridgehead atoms. The Morgan fingerprint density at radius 3 is 2.39 bits per heavy atom. The predicted octanol–water partition coefficient (Wildman–Crippen LogP) is 4.65. The zero-order valence-electron chi connectivity index (χ0n) is 20.2. The number of carbonyl (C=O) groups is 2. The fourth-order valence-corrected chi connectivity index (χ4v) is 6.89. The van der Waals surface area contributed by atoms with Crippen LogP contribution in [0.2, 0.25) is 0 Å². The molecule has 8 nitrogen and oxygen atoms in total. The van der Waals surface area contributed by atoms with Crippen LogP contribution in [0.15, 0.2) is 59.5 Å². The Morgan fingerprint density at radius 1 is 1.03 bits per heavy atom. The van der Waals surface area contributed by atoms with E-state index >= 15 is 0 Å². The molecule has 1 aromatic heterocycles. The lowest BCUT2D eigenvalue weighted by molar-refractivity contribution is -0.114. The number of sulfonamides is 1. The van der Waals surface area contributed by atoms with Crippen LogP contribution in [0.5, 0.6) is 5.75 Å². The molecular formula is C26H28N2O6S2. The highest BCUT2D eigenvalue weighted by atomic mass is 32.2. The lowest BCUT2D eigenvalue weighted by Gasteiger charge is -2.24. The van der Waals surface area contributed by atoms with Crippen LogP contribution < -0.4 is 14.4 Å². The van der Waals surface area contributed by atoms with Crippen LogP contribution in [-0.2, 0) is 32.4 Å². The first kappa shape index (κ1) is 25.7. The van der Waals surface area contributed by atoms with Gasteiger partial charge in [0.2, 0.25) is 5.91 Å². The van der Waals surface area contributed by atoms with Crippen LogP contribution in [-0.4, -0.2) is 40.6 Å². The van der Waals surface area contributed by atoms with E-state index in [9.17, 15) is 18.0 Å². The molecule has 1 aliphatic carbocycles. The number of amides is 1. The number of methoxy groups -OCH3 is 1.